The molecule has 1 aliphatic heterocycles. The number of rotatable bonds is 3. The number of hydrogen-bond donors (Lipinski definition) is 0. The first-order valence-electron chi connectivity index (χ1n) is 7.82. The fraction of sp³-hybridized carbons (Fsp3) is 0.529. The average Bonchev–Trinajstić information content (AvgIpc) is 2.86. The zero-order chi connectivity index (χ0) is 14.6. The van der Waals surface area contributed by atoms with Gasteiger partial charge in [0.1, 0.15) is 5.66 Å². The number of benzene rings is 1. The van der Waals surface area contributed by atoms with Gasteiger partial charge < -0.3 is 4.90 Å². The molecule has 0 bridgehead atoms. The van der Waals surface area contributed by atoms with E-state index in [4.69, 9.17) is 0 Å². The second-order valence-electron chi connectivity index (χ2n) is 6.44. The first-order valence-corrected chi connectivity index (χ1v) is 7.82. The van der Waals surface area contributed by atoms with Gasteiger partial charge in [0, 0.05) is 37.4 Å². The van der Waals surface area contributed by atoms with E-state index in [9.17, 15) is 9.59 Å². The summed E-state index contributed by atoms with van der Waals surface area (Å²) in [7, 11) is 2.03. The summed E-state index contributed by atoms with van der Waals surface area (Å²) in [5.41, 5.74) is 0.698. The topological polar surface area (TPSA) is 40.6 Å². The fourth-order valence-corrected chi connectivity index (χ4v) is 4.70. The van der Waals surface area contributed by atoms with Crippen LogP contribution in [-0.4, -0.2) is 29.4 Å². The number of hydrogen-bond acceptors (Lipinski definition) is 3. The summed E-state index contributed by atoms with van der Waals surface area (Å²) < 4.78 is 0. The van der Waals surface area contributed by atoms with Gasteiger partial charge in [-0.25, -0.2) is 0 Å². The van der Waals surface area contributed by atoms with E-state index in [2.05, 4.69) is 17.0 Å². The van der Waals surface area contributed by atoms with Crippen molar-refractivity contribution >= 4 is 17.5 Å². The number of amides is 2. The third-order valence-electron chi connectivity index (χ3n) is 5.59. The summed E-state index contributed by atoms with van der Waals surface area (Å²) in [5, 5.41) is 0. The predicted molar refractivity (Wildman–Crippen MR) is 79.5 cm³/mol. The predicted octanol–water partition coefficient (Wildman–Crippen LogP) is 2.40. The van der Waals surface area contributed by atoms with Crippen LogP contribution in [0.3, 0.4) is 0 Å². The van der Waals surface area contributed by atoms with E-state index in [-0.39, 0.29) is 17.5 Å². The fourth-order valence-electron chi connectivity index (χ4n) is 4.70. The number of carbonyl (C=O) groups is 2. The van der Waals surface area contributed by atoms with E-state index in [1.54, 1.807) is 4.90 Å². The summed E-state index contributed by atoms with van der Waals surface area (Å²) in [6.07, 6.45) is 4.22. The Morgan fingerprint density at radius 3 is 2.19 bits per heavy atom. The number of anilines is 1. The molecule has 1 aromatic carbocycles. The number of fused-ring (bicyclic) bond motifs is 1. The number of carbonyl (C=O) groups excluding carboxylic acids is 2. The summed E-state index contributed by atoms with van der Waals surface area (Å²) in [6, 6.07) is 10.1. The highest BCUT2D eigenvalue weighted by Crippen LogP contribution is 2.66. The Morgan fingerprint density at radius 2 is 1.62 bits per heavy atom. The second kappa shape index (κ2) is 4.33. The van der Waals surface area contributed by atoms with Crippen LogP contribution in [0.5, 0.6) is 0 Å². The summed E-state index contributed by atoms with van der Waals surface area (Å²) >= 11 is 0. The molecule has 2 atom stereocenters. The monoisotopic (exact) mass is 284 g/mol. The first kappa shape index (κ1) is 12.9. The van der Waals surface area contributed by atoms with Gasteiger partial charge in [0.15, 0.2) is 0 Å². The highest BCUT2D eigenvalue weighted by atomic mass is 16.2. The third-order valence-corrected chi connectivity index (χ3v) is 5.59. The van der Waals surface area contributed by atoms with Crippen LogP contribution in [-0.2, 0) is 9.59 Å². The van der Waals surface area contributed by atoms with Gasteiger partial charge in [0.05, 0.1) is 0 Å². The third kappa shape index (κ3) is 1.56. The lowest BCUT2D eigenvalue weighted by molar-refractivity contribution is -0.143. The Labute approximate surface area is 124 Å². The Morgan fingerprint density at radius 1 is 1.05 bits per heavy atom. The minimum atomic E-state index is -0.385. The van der Waals surface area contributed by atoms with Crippen molar-refractivity contribution in [3.63, 3.8) is 0 Å². The maximum atomic E-state index is 12.3. The molecule has 21 heavy (non-hydrogen) atoms. The van der Waals surface area contributed by atoms with Crippen LogP contribution in [0.2, 0.25) is 0 Å². The average molecular weight is 284 g/mol. The quantitative estimate of drug-likeness (QED) is 0.800. The lowest BCUT2D eigenvalue weighted by Gasteiger charge is -2.39. The molecule has 4 heteroatoms. The SMILES string of the molecule is CN(c1ccccc1)C1(N2C(=O)CCC2=O)C2CCCC21. The van der Waals surface area contributed by atoms with Crippen molar-refractivity contribution in [1.29, 1.82) is 0 Å². The Bertz CT molecular complexity index is 572. The van der Waals surface area contributed by atoms with E-state index in [0.29, 0.717) is 24.7 Å². The van der Waals surface area contributed by atoms with Crippen molar-refractivity contribution < 1.29 is 9.59 Å². The Hall–Kier alpha value is -1.84. The lowest BCUT2D eigenvalue weighted by Crippen LogP contribution is -2.55. The molecular formula is C17H20N2O2. The van der Waals surface area contributed by atoms with Crippen molar-refractivity contribution in [2.45, 2.75) is 37.8 Å². The number of likely N-dealkylation sites (tertiary alicyclic amines) is 1. The lowest BCUT2D eigenvalue weighted by atomic mass is 10.1. The van der Waals surface area contributed by atoms with Crippen molar-refractivity contribution in [1.82, 2.24) is 4.90 Å². The van der Waals surface area contributed by atoms with Gasteiger partial charge in [-0.1, -0.05) is 24.6 Å². The molecule has 4 rings (SSSR count). The van der Waals surface area contributed by atoms with E-state index in [0.717, 1.165) is 18.5 Å². The molecule has 0 spiro atoms. The molecule has 2 saturated carbocycles. The molecule has 1 aromatic rings. The van der Waals surface area contributed by atoms with Gasteiger partial charge in [-0.2, -0.15) is 0 Å². The van der Waals surface area contributed by atoms with Crippen LogP contribution in [0.4, 0.5) is 5.69 Å². The Kier molecular flexibility index (Phi) is 2.65. The summed E-state index contributed by atoms with van der Waals surface area (Å²) in [4.78, 5) is 28.4. The van der Waals surface area contributed by atoms with Gasteiger partial charge in [0.25, 0.3) is 0 Å². The first-order chi connectivity index (χ1) is 10.2. The van der Waals surface area contributed by atoms with E-state index < -0.39 is 0 Å². The van der Waals surface area contributed by atoms with Gasteiger partial charge in [-0.3, -0.25) is 14.5 Å². The van der Waals surface area contributed by atoms with E-state index >= 15 is 0 Å². The smallest absolute Gasteiger partial charge is 0.231 e. The molecular weight excluding hydrogens is 264 g/mol. The molecule has 1 saturated heterocycles. The van der Waals surface area contributed by atoms with Crippen molar-refractivity contribution in [3.05, 3.63) is 30.3 Å². The van der Waals surface area contributed by atoms with Crippen molar-refractivity contribution in [2.24, 2.45) is 11.8 Å². The molecule has 2 amide bonds. The van der Waals surface area contributed by atoms with Crippen molar-refractivity contribution in [2.75, 3.05) is 11.9 Å². The zero-order valence-corrected chi connectivity index (χ0v) is 12.3. The van der Waals surface area contributed by atoms with E-state index in [1.165, 1.54) is 6.42 Å². The van der Waals surface area contributed by atoms with Crippen LogP contribution in [0.1, 0.15) is 32.1 Å². The number of para-hydroxylation sites is 1. The summed E-state index contributed by atoms with van der Waals surface area (Å²) in [6.45, 7) is 0. The van der Waals surface area contributed by atoms with Crippen LogP contribution in [0.25, 0.3) is 0 Å². The minimum Gasteiger partial charge on any atom is -0.351 e. The van der Waals surface area contributed by atoms with Gasteiger partial charge >= 0.3 is 0 Å². The van der Waals surface area contributed by atoms with Gasteiger partial charge in [0.2, 0.25) is 11.8 Å². The number of imide groups is 1. The maximum Gasteiger partial charge on any atom is 0.231 e. The van der Waals surface area contributed by atoms with Gasteiger partial charge in [-0.15, -0.1) is 0 Å². The molecule has 110 valence electrons. The number of nitrogens with zero attached hydrogens (tertiary/aromatic N) is 2. The molecule has 2 unspecified atom stereocenters. The van der Waals surface area contributed by atoms with Crippen molar-refractivity contribution in [3.8, 4) is 0 Å². The van der Waals surface area contributed by atoms with Crippen LogP contribution in [0, 0.1) is 11.8 Å². The molecule has 3 fully saturated rings. The van der Waals surface area contributed by atoms with Crippen LogP contribution < -0.4 is 4.90 Å². The maximum absolute atomic E-state index is 12.3. The normalized spacial score (nSPS) is 34.2. The molecule has 3 aliphatic rings. The minimum absolute atomic E-state index is 0.0113. The molecule has 0 radical (unpaired) electrons. The van der Waals surface area contributed by atoms with E-state index in [1.807, 2.05) is 25.2 Å². The van der Waals surface area contributed by atoms with Crippen LogP contribution >= 0.6 is 0 Å². The highest BCUT2D eigenvalue weighted by Gasteiger charge is 2.74. The standard InChI is InChI=1S/C17H20N2O2/c1-18(12-6-3-2-4-7-12)17(13-8-5-9-14(13)17)19-15(20)10-11-16(19)21/h2-4,6-7,13-14H,5,8-11H2,1H3. The molecule has 4 nitrogen and oxygen atoms in total. The van der Waals surface area contributed by atoms with Gasteiger partial charge in [-0.05, 0) is 25.0 Å². The zero-order valence-electron chi connectivity index (χ0n) is 12.3. The molecule has 1 heterocycles. The molecule has 2 aliphatic carbocycles. The van der Waals surface area contributed by atoms with Crippen LogP contribution in [0.15, 0.2) is 30.3 Å². The molecule has 0 aromatic heterocycles. The highest BCUT2D eigenvalue weighted by molar-refractivity contribution is 6.03. The molecule has 0 N–H and O–H groups in total. The second-order valence-corrected chi connectivity index (χ2v) is 6.44. The summed E-state index contributed by atoms with van der Waals surface area (Å²) in [5.74, 6) is 0.928. The largest absolute Gasteiger partial charge is 0.351 e. The Balaban J connectivity index is 1.76.